The largest absolute Gasteiger partial charge is 0.480 e. The molecule has 0 radical (unpaired) electrons. The first-order chi connectivity index (χ1) is 9.38. The maximum atomic E-state index is 11.6. The van der Waals surface area contributed by atoms with Crippen LogP contribution in [0, 0.1) is 17.8 Å². The third kappa shape index (κ3) is 2.86. The zero-order chi connectivity index (χ0) is 14.9. The van der Waals surface area contributed by atoms with Crippen molar-refractivity contribution in [2.75, 3.05) is 7.05 Å². The number of carbonyl (C=O) groups is 1. The average molecular weight is 284 g/mol. The maximum absolute atomic E-state index is 11.6. The van der Waals surface area contributed by atoms with Crippen LogP contribution < -0.4 is 11.1 Å². The number of aliphatic carboxylic acids is 1. The number of hydrogen-bond donors (Lipinski definition) is 5. The van der Waals surface area contributed by atoms with Gasteiger partial charge >= 0.3 is 13.1 Å². The van der Waals surface area contributed by atoms with Gasteiger partial charge in [-0.2, -0.15) is 0 Å². The number of rotatable bonds is 6. The van der Waals surface area contributed by atoms with E-state index in [2.05, 4.69) is 5.32 Å². The van der Waals surface area contributed by atoms with E-state index in [4.69, 9.17) is 15.8 Å². The third-order valence-corrected chi connectivity index (χ3v) is 5.31. The summed E-state index contributed by atoms with van der Waals surface area (Å²) in [5, 5.41) is 30.6. The molecule has 2 aliphatic carbocycles. The second kappa shape index (κ2) is 6.01. The van der Waals surface area contributed by atoms with Crippen LogP contribution in [0.2, 0.25) is 6.32 Å². The molecule has 20 heavy (non-hydrogen) atoms. The Morgan fingerprint density at radius 1 is 1.45 bits per heavy atom. The molecule has 2 fully saturated rings. The Morgan fingerprint density at radius 2 is 2.15 bits per heavy atom. The topological polar surface area (TPSA) is 116 Å². The number of fused-ring (bicyclic) bond motifs is 1. The van der Waals surface area contributed by atoms with Gasteiger partial charge in [-0.1, -0.05) is 6.42 Å². The highest BCUT2D eigenvalue weighted by Crippen LogP contribution is 2.53. The van der Waals surface area contributed by atoms with E-state index in [1.807, 2.05) is 7.05 Å². The zero-order valence-corrected chi connectivity index (χ0v) is 12.0. The molecule has 2 rings (SSSR count). The molecule has 0 aromatic rings. The molecular weight excluding hydrogens is 259 g/mol. The van der Waals surface area contributed by atoms with Gasteiger partial charge in [0.2, 0.25) is 0 Å². The average Bonchev–Trinajstić information content (AvgIpc) is 2.86. The molecular formula is C13H25BN2O4. The fourth-order valence-electron chi connectivity index (χ4n) is 4.33. The van der Waals surface area contributed by atoms with Crippen LogP contribution in [0.1, 0.15) is 32.1 Å². The zero-order valence-electron chi connectivity index (χ0n) is 12.0. The van der Waals surface area contributed by atoms with Crippen LogP contribution in [-0.2, 0) is 4.79 Å². The van der Waals surface area contributed by atoms with E-state index in [0.29, 0.717) is 37.1 Å². The summed E-state index contributed by atoms with van der Waals surface area (Å²) in [4.78, 5) is 11.6. The molecule has 0 bridgehead atoms. The molecule has 0 spiro atoms. The first kappa shape index (κ1) is 15.8. The predicted molar refractivity (Wildman–Crippen MR) is 76.0 cm³/mol. The summed E-state index contributed by atoms with van der Waals surface area (Å²) < 4.78 is 0. The Bertz CT molecular complexity index is 368. The van der Waals surface area contributed by atoms with Crippen LogP contribution in [0.5, 0.6) is 0 Å². The van der Waals surface area contributed by atoms with Crippen molar-refractivity contribution in [1.29, 1.82) is 0 Å². The summed E-state index contributed by atoms with van der Waals surface area (Å²) in [7, 11) is 0.619. The Balaban J connectivity index is 2.07. The summed E-state index contributed by atoms with van der Waals surface area (Å²) in [6, 6.07) is 0.453. The molecule has 0 amide bonds. The van der Waals surface area contributed by atoms with Gasteiger partial charge in [0.05, 0.1) is 0 Å². The van der Waals surface area contributed by atoms with Gasteiger partial charge in [-0.05, 0) is 56.8 Å². The third-order valence-electron chi connectivity index (χ3n) is 5.31. The van der Waals surface area contributed by atoms with Crippen LogP contribution in [-0.4, -0.2) is 46.9 Å². The van der Waals surface area contributed by atoms with Gasteiger partial charge in [-0.25, -0.2) is 0 Å². The minimum absolute atomic E-state index is 0.0675. The molecule has 0 aliphatic heterocycles. The van der Waals surface area contributed by atoms with Crippen molar-refractivity contribution < 1.29 is 19.9 Å². The first-order valence-electron chi connectivity index (χ1n) is 7.44. The van der Waals surface area contributed by atoms with Gasteiger partial charge < -0.3 is 26.2 Å². The SMILES string of the molecule is CNC1CC2CC(N)(C(=O)O)C(CCCB(O)O)C2C1. The molecule has 6 nitrogen and oxygen atoms in total. The second-order valence-corrected chi connectivity index (χ2v) is 6.45. The van der Waals surface area contributed by atoms with Crippen molar-refractivity contribution in [2.45, 2.75) is 50.0 Å². The molecule has 5 atom stereocenters. The fraction of sp³-hybridized carbons (Fsp3) is 0.923. The smallest absolute Gasteiger partial charge is 0.451 e. The summed E-state index contributed by atoms with van der Waals surface area (Å²) in [5.41, 5.74) is 5.05. The van der Waals surface area contributed by atoms with Crippen LogP contribution >= 0.6 is 0 Å². The predicted octanol–water partition coefficient (Wildman–Crippen LogP) is -0.344. The summed E-state index contributed by atoms with van der Waals surface area (Å²) in [6.45, 7) is 0. The summed E-state index contributed by atoms with van der Waals surface area (Å²) in [5.74, 6) is -0.272. The lowest BCUT2D eigenvalue weighted by Gasteiger charge is -2.30. The molecule has 114 valence electrons. The molecule has 5 unspecified atom stereocenters. The molecule has 2 saturated carbocycles. The maximum Gasteiger partial charge on any atom is 0.451 e. The minimum atomic E-state index is -1.32. The Morgan fingerprint density at radius 3 is 2.70 bits per heavy atom. The van der Waals surface area contributed by atoms with Gasteiger partial charge in [0.15, 0.2) is 0 Å². The lowest BCUT2D eigenvalue weighted by molar-refractivity contribution is -0.145. The standard InChI is InChI=1S/C13H25BN2O4/c1-16-9-5-8-7-13(15,12(17)18)11(10(8)6-9)3-2-4-14(19)20/h8-11,16,19-20H,2-7,15H2,1H3,(H,17,18). The van der Waals surface area contributed by atoms with Crippen molar-refractivity contribution in [3.8, 4) is 0 Å². The van der Waals surface area contributed by atoms with Gasteiger partial charge in [0.1, 0.15) is 5.54 Å². The van der Waals surface area contributed by atoms with Crippen molar-refractivity contribution in [1.82, 2.24) is 5.32 Å². The fourth-order valence-corrected chi connectivity index (χ4v) is 4.33. The molecule has 7 heteroatoms. The van der Waals surface area contributed by atoms with Gasteiger partial charge in [0, 0.05) is 6.04 Å². The van der Waals surface area contributed by atoms with Gasteiger partial charge in [-0.3, -0.25) is 4.79 Å². The first-order valence-corrected chi connectivity index (χ1v) is 7.44. The normalized spacial score (nSPS) is 39.8. The van der Waals surface area contributed by atoms with E-state index < -0.39 is 18.6 Å². The van der Waals surface area contributed by atoms with Crippen LogP contribution in [0.4, 0.5) is 0 Å². The lowest BCUT2D eigenvalue weighted by Crippen LogP contribution is -2.52. The van der Waals surface area contributed by atoms with Gasteiger partial charge in [0.25, 0.3) is 0 Å². The number of nitrogens with one attached hydrogen (secondary N) is 1. The van der Waals surface area contributed by atoms with E-state index in [0.717, 1.165) is 12.8 Å². The van der Waals surface area contributed by atoms with Crippen molar-refractivity contribution in [3.63, 3.8) is 0 Å². The number of carboxylic acid groups (broad SMARTS) is 1. The molecule has 0 saturated heterocycles. The second-order valence-electron chi connectivity index (χ2n) is 6.45. The van der Waals surface area contributed by atoms with Crippen LogP contribution in [0.15, 0.2) is 0 Å². The van der Waals surface area contributed by atoms with Gasteiger partial charge in [-0.15, -0.1) is 0 Å². The van der Waals surface area contributed by atoms with Crippen molar-refractivity contribution in [3.05, 3.63) is 0 Å². The number of nitrogens with two attached hydrogens (primary N) is 1. The Labute approximate surface area is 119 Å². The Kier molecular flexibility index (Phi) is 4.74. The van der Waals surface area contributed by atoms with E-state index in [1.54, 1.807) is 0 Å². The summed E-state index contributed by atoms with van der Waals surface area (Å²) >= 11 is 0. The Hall–Kier alpha value is -0.625. The van der Waals surface area contributed by atoms with Crippen molar-refractivity contribution >= 4 is 13.1 Å². The molecule has 0 heterocycles. The lowest BCUT2D eigenvalue weighted by atomic mass is 9.75. The molecule has 0 aromatic heterocycles. The van der Waals surface area contributed by atoms with E-state index in [9.17, 15) is 9.90 Å². The minimum Gasteiger partial charge on any atom is -0.480 e. The molecule has 0 aromatic carbocycles. The summed E-state index contributed by atoms with van der Waals surface area (Å²) in [6.07, 6.45) is 4.03. The van der Waals surface area contributed by atoms with Crippen LogP contribution in [0.25, 0.3) is 0 Å². The highest BCUT2D eigenvalue weighted by atomic mass is 16.4. The number of hydrogen-bond acceptors (Lipinski definition) is 5. The van der Waals surface area contributed by atoms with E-state index in [1.165, 1.54) is 0 Å². The molecule has 2 aliphatic rings. The number of carboxylic acids is 1. The van der Waals surface area contributed by atoms with E-state index in [-0.39, 0.29) is 12.2 Å². The molecule has 6 N–H and O–H groups in total. The highest BCUT2D eigenvalue weighted by molar-refractivity contribution is 6.40. The monoisotopic (exact) mass is 284 g/mol. The van der Waals surface area contributed by atoms with Crippen LogP contribution in [0.3, 0.4) is 0 Å². The van der Waals surface area contributed by atoms with E-state index >= 15 is 0 Å². The van der Waals surface area contributed by atoms with Crippen molar-refractivity contribution in [2.24, 2.45) is 23.5 Å². The highest BCUT2D eigenvalue weighted by Gasteiger charge is 2.57. The quantitative estimate of drug-likeness (QED) is 0.426.